The van der Waals surface area contributed by atoms with E-state index in [9.17, 15) is 14.4 Å². The van der Waals surface area contributed by atoms with Gasteiger partial charge in [-0.25, -0.2) is 4.79 Å². The number of fused-ring (bicyclic) bond motifs is 1. The highest BCUT2D eigenvalue weighted by atomic mass is 16.5. The molecule has 0 aliphatic carbocycles. The van der Waals surface area contributed by atoms with E-state index in [1.807, 2.05) is 36.5 Å². The third kappa shape index (κ3) is 2.26. The molecule has 2 fully saturated rings. The first-order valence-electron chi connectivity index (χ1n) is 8.31. The van der Waals surface area contributed by atoms with Crippen molar-refractivity contribution in [1.82, 2.24) is 4.90 Å². The Kier molecular flexibility index (Phi) is 4.28. The van der Waals surface area contributed by atoms with Crippen LogP contribution in [0.5, 0.6) is 5.75 Å². The Hall–Kier alpha value is -2.41. The molecular weight excluding hydrogens is 324 g/mol. The van der Waals surface area contributed by atoms with Crippen LogP contribution in [0.25, 0.3) is 0 Å². The summed E-state index contributed by atoms with van der Waals surface area (Å²) >= 11 is 0. The summed E-state index contributed by atoms with van der Waals surface area (Å²) < 4.78 is 10.5. The summed E-state index contributed by atoms with van der Waals surface area (Å²) in [6.45, 7) is 1.84. The van der Waals surface area contributed by atoms with Crippen molar-refractivity contribution in [3.05, 3.63) is 29.8 Å². The molecule has 0 saturated carbocycles. The summed E-state index contributed by atoms with van der Waals surface area (Å²) in [5, 5.41) is 1.83. The summed E-state index contributed by atoms with van der Waals surface area (Å²) in [7, 11) is 4.34. The number of carbonyl (C=O) groups excluding carboxylic acids is 3. The first-order valence-corrected chi connectivity index (χ1v) is 8.31. The zero-order valence-electron chi connectivity index (χ0n) is 14.8. The Labute approximate surface area is 146 Å². The number of hydrogen-bond donors (Lipinski definition) is 1. The van der Waals surface area contributed by atoms with Crippen molar-refractivity contribution in [2.75, 3.05) is 21.3 Å². The van der Waals surface area contributed by atoms with Crippen LogP contribution in [0.2, 0.25) is 0 Å². The van der Waals surface area contributed by atoms with Crippen LogP contribution in [0.3, 0.4) is 0 Å². The Bertz CT molecular complexity index is 734. The van der Waals surface area contributed by atoms with E-state index in [4.69, 9.17) is 9.47 Å². The molecule has 4 atom stereocenters. The number of rotatable bonds is 4. The molecule has 0 bridgehead atoms. The maximum atomic E-state index is 12.8. The second-order valence-electron chi connectivity index (χ2n) is 6.56. The topological polar surface area (TPSA) is 89.5 Å². The first kappa shape index (κ1) is 17.4. The molecule has 0 unspecified atom stereocenters. The molecule has 1 aromatic carbocycles. The number of amides is 2. The van der Waals surface area contributed by atoms with Gasteiger partial charge in [0.1, 0.15) is 23.6 Å². The van der Waals surface area contributed by atoms with Crippen molar-refractivity contribution in [1.29, 1.82) is 0 Å². The number of carbonyl (C=O) groups is 3. The standard InChI is InChI=1S/C18H22N2O5/c1-5-18(17(23)25-4)13-12(15(21)20(2)16(13)22)14(19-18)10-8-6-7-9-11(10)24-3/h6-9,12-14,19H,5H2,1-4H3/p+1/t12-,13-,14-,18-/m0/s1. The molecule has 0 spiro atoms. The van der Waals surface area contributed by atoms with E-state index in [-0.39, 0.29) is 17.9 Å². The Morgan fingerprint density at radius 2 is 1.92 bits per heavy atom. The predicted octanol–water partition coefficient (Wildman–Crippen LogP) is -0.134. The number of esters is 1. The second kappa shape index (κ2) is 6.15. The van der Waals surface area contributed by atoms with Crippen molar-refractivity contribution in [3.8, 4) is 5.75 Å². The number of likely N-dealkylation sites (tertiary alicyclic amines) is 1. The maximum Gasteiger partial charge on any atom is 0.368 e. The van der Waals surface area contributed by atoms with Crippen molar-refractivity contribution in [3.63, 3.8) is 0 Å². The van der Waals surface area contributed by atoms with Crippen molar-refractivity contribution in [2.24, 2.45) is 11.8 Å². The van der Waals surface area contributed by atoms with Gasteiger partial charge in [0.2, 0.25) is 17.4 Å². The van der Waals surface area contributed by atoms with E-state index in [0.29, 0.717) is 12.2 Å². The fourth-order valence-electron chi connectivity index (χ4n) is 4.36. The lowest BCUT2D eigenvalue weighted by molar-refractivity contribution is -0.734. The largest absolute Gasteiger partial charge is 0.496 e. The van der Waals surface area contributed by atoms with Gasteiger partial charge in [0, 0.05) is 13.5 Å². The SMILES string of the molecule is CC[C@]1(C(=O)OC)[NH2+][C@@H](c2ccccc2OC)[C@H]2C(=O)N(C)C(=O)[C@H]21. The molecule has 2 amide bonds. The van der Waals surface area contributed by atoms with Crippen LogP contribution in [0, 0.1) is 11.8 Å². The van der Waals surface area contributed by atoms with Crippen LogP contribution in [0.15, 0.2) is 24.3 Å². The average Bonchev–Trinajstić information content (AvgIpc) is 3.11. The number of quaternary nitrogens is 1. The highest BCUT2D eigenvalue weighted by molar-refractivity contribution is 6.08. The lowest BCUT2D eigenvalue weighted by atomic mass is 9.78. The third-order valence-electron chi connectivity index (χ3n) is 5.64. The Morgan fingerprint density at radius 1 is 1.24 bits per heavy atom. The van der Waals surface area contributed by atoms with Gasteiger partial charge in [0.15, 0.2) is 0 Å². The first-order chi connectivity index (χ1) is 11.9. The predicted molar refractivity (Wildman–Crippen MR) is 87.5 cm³/mol. The van der Waals surface area contributed by atoms with E-state index >= 15 is 0 Å². The lowest BCUT2D eigenvalue weighted by Gasteiger charge is -2.27. The summed E-state index contributed by atoms with van der Waals surface area (Å²) in [5.74, 6) is -1.78. The van der Waals surface area contributed by atoms with Crippen LogP contribution in [-0.4, -0.2) is 49.5 Å². The van der Waals surface area contributed by atoms with Gasteiger partial charge in [0.05, 0.1) is 19.8 Å². The van der Waals surface area contributed by atoms with Gasteiger partial charge < -0.3 is 14.8 Å². The minimum Gasteiger partial charge on any atom is -0.496 e. The number of methoxy groups -OCH3 is 2. The zero-order valence-corrected chi connectivity index (χ0v) is 14.8. The van der Waals surface area contributed by atoms with Gasteiger partial charge >= 0.3 is 5.97 Å². The summed E-state index contributed by atoms with van der Waals surface area (Å²) in [6.07, 6.45) is 0.388. The molecule has 2 aliphatic rings. The number of para-hydroxylation sites is 1. The Morgan fingerprint density at radius 3 is 2.52 bits per heavy atom. The fourth-order valence-corrected chi connectivity index (χ4v) is 4.36. The molecule has 2 heterocycles. The number of ether oxygens (including phenoxy) is 2. The van der Waals surface area contributed by atoms with E-state index in [2.05, 4.69) is 0 Å². The number of nitrogens with zero attached hydrogens (tertiary/aromatic N) is 1. The molecule has 7 nitrogen and oxygen atoms in total. The normalized spacial score (nSPS) is 31.2. The molecule has 2 aliphatic heterocycles. The van der Waals surface area contributed by atoms with Gasteiger partial charge in [-0.2, -0.15) is 0 Å². The smallest absolute Gasteiger partial charge is 0.368 e. The Balaban J connectivity index is 2.17. The van der Waals surface area contributed by atoms with Gasteiger partial charge in [-0.05, 0) is 12.1 Å². The van der Waals surface area contributed by atoms with Crippen LogP contribution in [0.1, 0.15) is 24.9 Å². The molecule has 134 valence electrons. The fraction of sp³-hybridized carbons (Fsp3) is 0.500. The van der Waals surface area contributed by atoms with E-state index < -0.39 is 23.3 Å². The molecule has 0 aromatic heterocycles. The second-order valence-corrected chi connectivity index (χ2v) is 6.56. The molecule has 2 saturated heterocycles. The summed E-state index contributed by atoms with van der Waals surface area (Å²) in [5.41, 5.74) is -0.307. The zero-order chi connectivity index (χ0) is 18.4. The third-order valence-corrected chi connectivity index (χ3v) is 5.64. The molecule has 1 aromatic rings. The summed E-state index contributed by atoms with van der Waals surface area (Å²) in [6, 6.07) is 7.00. The molecule has 3 rings (SSSR count). The van der Waals surface area contributed by atoms with Gasteiger partial charge in [0.25, 0.3) is 0 Å². The number of nitrogens with two attached hydrogens (primary N) is 1. The quantitative estimate of drug-likeness (QED) is 0.605. The maximum absolute atomic E-state index is 12.8. The van der Waals surface area contributed by atoms with Gasteiger partial charge in [-0.15, -0.1) is 0 Å². The number of hydrogen-bond acceptors (Lipinski definition) is 5. The van der Waals surface area contributed by atoms with Crippen molar-refractivity contribution >= 4 is 17.8 Å². The summed E-state index contributed by atoms with van der Waals surface area (Å²) in [4.78, 5) is 39.3. The molecule has 2 N–H and O–H groups in total. The average molecular weight is 347 g/mol. The molecule has 25 heavy (non-hydrogen) atoms. The van der Waals surface area contributed by atoms with Crippen LogP contribution < -0.4 is 10.1 Å². The van der Waals surface area contributed by atoms with Crippen molar-refractivity contribution in [2.45, 2.75) is 24.9 Å². The van der Waals surface area contributed by atoms with Crippen LogP contribution in [-0.2, 0) is 19.1 Å². The molecule has 0 radical (unpaired) electrons. The van der Waals surface area contributed by atoms with Crippen LogP contribution >= 0.6 is 0 Å². The lowest BCUT2D eigenvalue weighted by Crippen LogP contribution is -2.98. The van der Waals surface area contributed by atoms with Gasteiger partial charge in [-0.1, -0.05) is 19.1 Å². The van der Waals surface area contributed by atoms with Crippen LogP contribution in [0.4, 0.5) is 0 Å². The van der Waals surface area contributed by atoms with E-state index in [1.54, 1.807) is 7.11 Å². The number of imide groups is 1. The van der Waals surface area contributed by atoms with Gasteiger partial charge in [-0.3, -0.25) is 14.5 Å². The molecular formula is C18H23N2O5+. The van der Waals surface area contributed by atoms with Crippen molar-refractivity contribution < 1.29 is 29.2 Å². The monoisotopic (exact) mass is 347 g/mol. The minimum atomic E-state index is -1.11. The molecule has 7 heteroatoms. The highest BCUT2D eigenvalue weighted by Gasteiger charge is 2.71. The van der Waals surface area contributed by atoms with E-state index in [0.717, 1.165) is 10.5 Å². The van der Waals surface area contributed by atoms with E-state index in [1.165, 1.54) is 14.2 Å². The minimum absolute atomic E-state index is 0.263. The number of benzene rings is 1. The highest BCUT2D eigenvalue weighted by Crippen LogP contribution is 2.46.